The molecule has 18 N–H and O–H groups in total. The van der Waals surface area contributed by atoms with Crippen LogP contribution in [-0.2, 0) is 67.2 Å². The van der Waals surface area contributed by atoms with Gasteiger partial charge < -0.3 is 75.9 Å². The molecule has 468 valence electrons. The maximum atomic E-state index is 14.6. The van der Waals surface area contributed by atoms with Crippen LogP contribution in [0.15, 0.2) is 91.0 Å². The number of aliphatic hydroxyl groups is 1. The highest BCUT2D eigenvalue weighted by molar-refractivity contribution is 5.98. The van der Waals surface area contributed by atoms with E-state index in [9.17, 15) is 53.1 Å². The predicted molar refractivity (Wildman–Crippen MR) is 323 cm³/mol. The van der Waals surface area contributed by atoms with E-state index in [0.717, 1.165) is 19.3 Å². The molecule has 0 aromatic heterocycles. The van der Waals surface area contributed by atoms with Gasteiger partial charge in [0.2, 0.25) is 59.1 Å². The summed E-state index contributed by atoms with van der Waals surface area (Å²) in [6.45, 7) is 8.40. The van der Waals surface area contributed by atoms with E-state index in [0.29, 0.717) is 23.1 Å². The molecule has 0 aliphatic heterocycles. The van der Waals surface area contributed by atoms with Crippen molar-refractivity contribution in [1.82, 2.24) is 47.9 Å². The van der Waals surface area contributed by atoms with Crippen molar-refractivity contribution >= 4 is 59.1 Å². The maximum Gasteiger partial charge on any atom is 0.243 e. The molecule has 3 aromatic rings. The fourth-order valence-corrected chi connectivity index (χ4v) is 9.25. The Morgan fingerprint density at radius 3 is 0.965 bits per heavy atom. The largest absolute Gasteiger partial charge is 0.394 e. The summed E-state index contributed by atoms with van der Waals surface area (Å²) < 4.78 is 0. The number of primary amides is 1. The van der Waals surface area contributed by atoms with Gasteiger partial charge in [-0.3, -0.25) is 47.9 Å². The van der Waals surface area contributed by atoms with Crippen LogP contribution in [0.4, 0.5) is 0 Å². The molecule has 0 aliphatic rings. The second-order valence-corrected chi connectivity index (χ2v) is 22.1. The number of amides is 10. The van der Waals surface area contributed by atoms with E-state index in [1.54, 1.807) is 91.0 Å². The molecule has 0 spiro atoms. The van der Waals surface area contributed by atoms with Crippen LogP contribution in [-0.4, -0.2) is 145 Å². The maximum absolute atomic E-state index is 14.6. The van der Waals surface area contributed by atoms with Gasteiger partial charge in [-0.2, -0.15) is 0 Å². The highest BCUT2D eigenvalue weighted by atomic mass is 16.3. The van der Waals surface area contributed by atoms with Crippen LogP contribution in [0.2, 0.25) is 0 Å². The second-order valence-electron chi connectivity index (χ2n) is 22.1. The van der Waals surface area contributed by atoms with Gasteiger partial charge in [-0.15, -0.1) is 0 Å². The number of benzene rings is 3. The molecule has 0 aliphatic carbocycles. The topological polar surface area (TPSA) is 403 Å². The Labute approximate surface area is 499 Å². The molecule has 24 nitrogen and oxygen atoms in total. The summed E-state index contributed by atoms with van der Waals surface area (Å²) in [7, 11) is 0. The van der Waals surface area contributed by atoms with Gasteiger partial charge in [-0.25, -0.2) is 0 Å². The summed E-state index contributed by atoms with van der Waals surface area (Å²) in [4.78, 5) is 138. The molecule has 0 saturated heterocycles. The fourth-order valence-electron chi connectivity index (χ4n) is 9.25. The van der Waals surface area contributed by atoms with E-state index in [2.05, 4.69) is 54.8 Å². The molecule has 10 amide bonds. The predicted octanol–water partition coefficient (Wildman–Crippen LogP) is -0.336. The van der Waals surface area contributed by atoms with Crippen LogP contribution < -0.4 is 70.8 Å². The van der Waals surface area contributed by atoms with Crippen LogP contribution in [0.3, 0.4) is 0 Å². The quantitative estimate of drug-likeness (QED) is 0.0324. The lowest BCUT2D eigenvalue weighted by Crippen LogP contribution is -2.61. The number of hydrogen-bond donors (Lipinski definition) is 14. The number of carbonyl (C=O) groups is 10. The van der Waals surface area contributed by atoms with Crippen molar-refractivity contribution in [2.75, 3.05) is 26.2 Å². The molecule has 24 heteroatoms. The van der Waals surface area contributed by atoms with E-state index >= 15 is 0 Å². The van der Waals surface area contributed by atoms with Crippen molar-refractivity contribution in [2.45, 2.75) is 172 Å². The van der Waals surface area contributed by atoms with E-state index in [-0.39, 0.29) is 95.2 Å². The number of nitrogens with two attached hydrogens (primary N) is 4. The first kappa shape index (κ1) is 71.5. The number of aliphatic hydroxyl groups excluding tert-OH is 1. The Balaban J connectivity index is 1.90. The zero-order valence-electron chi connectivity index (χ0n) is 49.9. The van der Waals surface area contributed by atoms with Gasteiger partial charge in [0.25, 0.3) is 0 Å². The molecule has 0 unspecified atom stereocenters. The van der Waals surface area contributed by atoms with E-state index < -0.39 is 114 Å². The molecule has 85 heavy (non-hydrogen) atoms. The molecule has 0 bridgehead atoms. The van der Waals surface area contributed by atoms with Gasteiger partial charge in [0.1, 0.15) is 54.4 Å². The fraction of sp³-hybridized carbons (Fsp3) is 0.541. The average Bonchev–Trinajstić information content (AvgIpc) is 3.59. The monoisotopic (exact) mass is 1180 g/mol. The van der Waals surface area contributed by atoms with E-state index in [4.69, 9.17) is 22.9 Å². The minimum atomic E-state index is -1.44. The minimum absolute atomic E-state index is 0.000751. The summed E-state index contributed by atoms with van der Waals surface area (Å²) in [6, 6.07) is 14.7. The first-order valence-electron chi connectivity index (χ1n) is 29.5. The third-order valence-electron chi connectivity index (χ3n) is 13.8. The van der Waals surface area contributed by atoms with Gasteiger partial charge in [0, 0.05) is 25.7 Å². The Morgan fingerprint density at radius 1 is 0.388 bits per heavy atom. The number of rotatable bonds is 40. The molecule has 0 heterocycles. The van der Waals surface area contributed by atoms with Gasteiger partial charge in [-0.05, 0) is 86.7 Å². The van der Waals surface area contributed by atoms with Crippen LogP contribution in [0, 0.1) is 11.8 Å². The summed E-state index contributed by atoms with van der Waals surface area (Å²) in [6.07, 6.45) is 3.58. The minimum Gasteiger partial charge on any atom is -0.394 e. The number of hydrogen-bond acceptors (Lipinski definition) is 14. The van der Waals surface area contributed by atoms with Crippen molar-refractivity contribution in [3.8, 4) is 0 Å². The van der Waals surface area contributed by atoms with Crippen LogP contribution in [0.25, 0.3) is 0 Å². The number of carbonyl (C=O) groups excluding carboxylic acids is 10. The lowest BCUT2D eigenvalue weighted by atomic mass is 9.99. The number of unbranched alkanes of at least 4 members (excludes halogenated alkanes) is 3. The van der Waals surface area contributed by atoms with Gasteiger partial charge in [-0.1, -0.05) is 145 Å². The van der Waals surface area contributed by atoms with Crippen molar-refractivity contribution in [3.63, 3.8) is 0 Å². The molecule has 0 saturated carbocycles. The lowest BCUT2D eigenvalue weighted by Gasteiger charge is -2.29. The molecule has 3 rings (SSSR count). The SMILES string of the molecule is CCCCCCC(=O)N[C@@H](CCN)C(=O)N[C@@H](Cc1ccccc1)C(=O)N[C@@H](CCN)C(=O)N[C@H](Cc1ccccc1)C(=O)N[C@@H](CC(C)C)C(=O)N[C@@H](CCN)C(=O)N[C@H](CC(C)C)C(=O)N[C@@H](Cc1ccccc1)C(=O)N[C@@H](CO)C(N)=O. The summed E-state index contributed by atoms with van der Waals surface area (Å²) in [5.74, 6) is -7.85. The van der Waals surface area contributed by atoms with Crippen molar-refractivity contribution < 1.29 is 53.1 Å². The Bertz CT molecular complexity index is 2580. The third kappa shape index (κ3) is 26.8. The molecule has 9 atom stereocenters. The standard InChI is InChI=1S/C61H93N13O11/c1-6-7-8-18-25-52(76)66-43(26-29-62)54(78)71-48(34-40-19-12-9-13-20-40)59(83)68-45(28-31-64)56(80)72-49(35-41-21-14-10-15-22-41)60(84)70-46(32-38(2)3)57(81)67-44(27-30-63)55(79)69-47(33-39(4)5)58(82)73-50(36-42-23-16-11-17-24-42)61(85)74-51(37-75)53(65)77/h9-17,19-24,38-39,43-51,75H,6-8,18,25-37,62-64H2,1-5H3,(H2,65,77)(H,66,76)(H,67,81)(H,68,83)(H,69,79)(H,70,84)(H,71,78)(H,72,80)(H,73,82)(H,74,85)/t43-,44-,45-,46-,47+,48-,49+,50-,51-/m0/s1. The zero-order valence-corrected chi connectivity index (χ0v) is 49.9. The Morgan fingerprint density at radius 2 is 0.671 bits per heavy atom. The van der Waals surface area contributed by atoms with Gasteiger partial charge in [0.15, 0.2) is 0 Å². The Hall–Kier alpha value is -7.80. The average molecular weight is 1180 g/mol. The zero-order chi connectivity index (χ0) is 62.8. The van der Waals surface area contributed by atoms with Gasteiger partial charge in [0.05, 0.1) is 6.61 Å². The molecule has 0 fully saturated rings. The van der Waals surface area contributed by atoms with Crippen molar-refractivity contribution in [1.29, 1.82) is 0 Å². The second kappa shape index (κ2) is 38.9. The lowest BCUT2D eigenvalue weighted by molar-refractivity contribution is -0.136. The first-order chi connectivity index (χ1) is 40.6. The van der Waals surface area contributed by atoms with Crippen LogP contribution >= 0.6 is 0 Å². The van der Waals surface area contributed by atoms with Crippen molar-refractivity contribution in [3.05, 3.63) is 108 Å². The van der Waals surface area contributed by atoms with E-state index in [1.165, 1.54) is 0 Å². The van der Waals surface area contributed by atoms with E-state index in [1.807, 2.05) is 27.7 Å². The highest BCUT2D eigenvalue weighted by Crippen LogP contribution is 2.14. The molecular weight excluding hydrogens is 1090 g/mol. The Kier molecular flexibility index (Phi) is 32.7. The molecule has 0 radical (unpaired) electrons. The normalized spacial score (nSPS) is 14.3. The first-order valence-corrected chi connectivity index (χ1v) is 29.5. The van der Waals surface area contributed by atoms with Gasteiger partial charge >= 0.3 is 0 Å². The highest BCUT2D eigenvalue weighted by Gasteiger charge is 2.36. The molecule has 3 aromatic carbocycles. The van der Waals surface area contributed by atoms with Crippen LogP contribution in [0.5, 0.6) is 0 Å². The van der Waals surface area contributed by atoms with Crippen LogP contribution in [0.1, 0.15) is 116 Å². The molecular formula is C61H93N13O11. The summed E-state index contributed by atoms with van der Waals surface area (Å²) in [5.41, 5.74) is 25.2. The number of nitrogens with one attached hydrogen (secondary N) is 9. The third-order valence-corrected chi connectivity index (χ3v) is 13.8. The summed E-state index contributed by atoms with van der Waals surface area (Å²) >= 11 is 0. The summed E-state index contributed by atoms with van der Waals surface area (Å²) in [5, 5.41) is 33.9. The van der Waals surface area contributed by atoms with Crippen molar-refractivity contribution in [2.24, 2.45) is 34.8 Å². The smallest absolute Gasteiger partial charge is 0.243 e.